The van der Waals surface area contributed by atoms with E-state index < -0.39 is 12.0 Å². The maximum absolute atomic E-state index is 12.6. The van der Waals surface area contributed by atoms with Gasteiger partial charge in [0.15, 0.2) is 0 Å². The summed E-state index contributed by atoms with van der Waals surface area (Å²) in [6.07, 6.45) is 1.19. The Morgan fingerprint density at radius 1 is 1.48 bits per heavy atom. The van der Waals surface area contributed by atoms with Crippen molar-refractivity contribution in [2.75, 3.05) is 12.3 Å². The number of carboxylic acid groups (broad SMARTS) is 1. The summed E-state index contributed by atoms with van der Waals surface area (Å²) in [6, 6.07) is 2.94. The molecular weight excluding hydrogens is 290 g/mol. The van der Waals surface area contributed by atoms with Crippen LogP contribution in [0.1, 0.15) is 28.2 Å². The van der Waals surface area contributed by atoms with E-state index in [1.165, 1.54) is 16.2 Å². The van der Waals surface area contributed by atoms with Gasteiger partial charge in [0.05, 0.1) is 5.69 Å². The van der Waals surface area contributed by atoms with Crippen LogP contribution in [-0.2, 0) is 4.79 Å². The number of aryl methyl sites for hydroxylation is 1. The first-order chi connectivity index (χ1) is 9.99. The molecule has 0 saturated carbocycles. The van der Waals surface area contributed by atoms with Crippen LogP contribution >= 0.6 is 11.3 Å². The van der Waals surface area contributed by atoms with Crippen molar-refractivity contribution in [1.29, 1.82) is 0 Å². The molecule has 1 saturated heterocycles. The Hall–Kier alpha value is -2.15. The molecule has 7 heteroatoms. The van der Waals surface area contributed by atoms with E-state index in [9.17, 15) is 14.7 Å². The molecule has 21 heavy (non-hydrogen) atoms. The Bertz CT molecular complexity index is 740. The SMILES string of the molecule is Cc1ccc2c(N)c(C(=O)N3CCC[C@@H]3C(=O)O)sc2n1. The zero-order valence-electron chi connectivity index (χ0n) is 11.5. The molecule has 1 amide bonds. The molecule has 3 heterocycles. The molecule has 0 radical (unpaired) electrons. The second kappa shape index (κ2) is 5.00. The van der Waals surface area contributed by atoms with Gasteiger partial charge in [-0.2, -0.15) is 0 Å². The Kier molecular flexibility index (Phi) is 3.29. The molecule has 2 aromatic heterocycles. The monoisotopic (exact) mass is 305 g/mol. The number of anilines is 1. The third-order valence-electron chi connectivity index (χ3n) is 3.73. The lowest BCUT2D eigenvalue weighted by atomic mass is 10.2. The fourth-order valence-corrected chi connectivity index (χ4v) is 3.74. The van der Waals surface area contributed by atoms with E-state index in [0.717, 1.165) is 11.1 Å². The number of carbonyl (C=O) groups is 2. The number of aliphatic carboxylic acids is 1. The van der Waals surface area contributed by atoms with Crippen molar-refractivity contribution in [3.63, 3.8) is 0 Å². The maximum atomic E-state index is 12.6. The van der Waals surface area contributed by atoms with E-state index in [-0.39, 0.29) is 5.91 Å². The van der Waals surface area contributed by atoms with Gasteiger partial charge in [0.1, 0.15) is 15.7 Å². The molecule has 1 fully saturated rings. The van der Waals surface area contributed by atoms with Crippen LogP contribution in [-0.4, -0.2) is 39.5 Å². The number of carboxylic acids is 1. The minimum atomic E-state index is -0.963. The number of pyridine rings is 1. The van der Waals surface area contributed by atoms with Crippen LogP contribution in [0.15, 0.2) is 12.1 Å². The highest BCUT2D eigenvalue weighted by Gasteiger charge is 2.36. The Morgan fingerprint density at radius 2 is 2.24 bits per heavy atom. The van der Waals surface area contributed by atoms with Crippen LogP contribution < -0.4 is 5.73 Å². The molecule has 0 aromatic carbocycles. The van der Waals surface area contributed by atoms with E-state index in [0.29, 0.717) is 34.8 Å². The molecule has 1 atom stereocenters. The van der Waals surface area contributed by atoms with Gasteiger partial charge in [-0.15, -0.1) is 11.3 Å². The lowest BCUT2D eigenvalue weighted by Gasteiger charge is -2.20. The molecule has 1 aliphatic rings. The van der Waals surface area contributed by atoms with Crippen LogP contribution in [0, 0.1) is 6.92 Å². The average molecular weight is 305 g/mol. The van der Waals surface area contributed by atoms with Crippen molar-refractivity contribution in [2.45, 2.75) is 25.8 Å². The lowest BCUT2D eigenvalue weighted by Crippen LogP contribution is -2.40. The van der Waals surface area contributed by atoms with Gasteiger partial charge in [-0.1, -0.05) is 0 Å². The number of carbonyl (C=O) groups excluding carboxylic acids is 1. The molecule has 6 nitrogen and oxygen atoms in total. The Labute approximate surface area is 125 Å². The van der Waals surface area contributed by atoms with E-state index in [2.05, 4.69) is 4.98 Å². The maximum Gasteiger partial charge on any atom is 0.326 e. The lowest BCUT2D eigenvalue weighted by molar-refractivity contribution is -0.141. The summed E-state index contributed by atoms with van der Waals surface area (Å²) in [5.74, 6) is -1.27. The quantitative estimate of drug-likeness (QED) is 0.883. The fraction of sp³-hybridized carbons (Fsp3) is 0.357. The number of nitrogens with two attached hydrogens (primary N) is 1. The number of thiophene rings is 1. The largest absolute Gasteiger partial charge is 0.480 e. The minimum Gasteiger partial charge on any atom is -0.480 e. The summed E-state index contributed by atoms with van der Waals surface area (Å²) in [4.78, 5) is 30.7. The van der Waals surface area contributed by atoms with Gasteiger partial charge in [0.25, 0.3) is 5.91 Å². The van der Waals surface area contributed by atoms with Gasteiger partial charge in [-0.3, -0.25) is 4.79 Å². The van der Waals surface area contributed by atoms with Gasteiger partial charge in [0.2, 0.25) is 0 Å². The number of rotatable bonds is 2. The first-order valence-electron chi connectivity index (χ1n) is 6.68. The van der Waals surface area contributed by atoms with Crippen LogP contribution in [0.25, 0.3) is 10.2 Å². The standard InChI is InChI=1S/C14H15N3O3S/c1-7-4-5-8-10(15)11(21-12(8)16-7)13(18)17-6-2-3-9(17)14(19)20/h4-5,9H,2-3,6,15H2,1H3,(H,19,20)/t9-/m1/s1. The zero-order valence-corrected chi connectivity index (χ0v) is 12.3. The molecule has 3 rings (SSSR count). The summed E-state index contributed by atoms with van der Waals surface area (Å²) in [5.41, 5.74) is 7.30. The summed E-state index contributed by atoms with van der Waals surface area (Å²) in [5, 5.41) is 9.94. The highest BCUT2D eigenvalue weighted by molar-refractivity contribution is 7.21. The molecule has 1 aliphatic heterocycles. The molecule has 0 spiro atoms. The molecule has 2 aromatic rings. The molecule has 0 bridgehead atoms. The number of hydrogen-bond acceptors (Lipinski definition) is 5. The predicted octanol–water partition coefficient (Wildman–Crippen LogP) is 1.88. The van der Waals surface area contributed by atoms with Crippen molar-refractivity contribution < 1.29 is 14.7 Å². The van der Waals surface area contributed by atoms with Crippen molar-refractivity contribution in [1.82, 2.24) is 9.88 Å². The average Bonchev–Trinajstić information content (AvgIpc) is 3.03. The van der Waals surface area contributed by atoms with Gasteiger partial charge in [0, 0.05) is 17.6 Å². The topological polar surface area (TPSA) is 96.5 Å². The van der Waals surface area contributed by atoms with Gasteiger partial charge >= 0.3 is 5.97 Å². The van der Waals surface area contributed by atoms with Crippen LogP contribution in [0.5, 0.6) is 0 Å². The summed E-state index contributed by atoms with van der Waals surface area (Å²) >= 11 is 1.23. The van der Waals surface area contributed by atoms with Gasteiger partial charge in [-0.05, 0) is 31.9 Å². The fourth-order valence-electron chi connectivity index (χ4n) is 2.65. The second-order valence-corrected chi connectivity index (χ2v) is 6.14. The number of amides is 1. The summed E-state index contributed by atoms with van der Waals surface area (Å²) < 4.78 is 0. The van der Waals surface area contributed by atoms with E-state index in [1.807, 2.05) is 19.1 Å². The van der Waals surface area contributed by atoms with Crippen LogP contribution in [0.3, 0.4) is 0 Å². The van der Waals surface area contributed by atoms with Crippen LogP contribution in [0.4, 0.5) is 5.69 Å². The number of nitrogen functional groups attached to an aromatic ring is 1. The molecule has 0 unspecified atom stereocenters. The van der Waals surface area contributed by atoms with Crippen molar-refractivity contribution >= 4 is 39.1 Å². The number of nitrogens with zero attached hydrogens (tertiary/aromatic N) is 2. The highest BCUT2D eigenvalue weighted by atomic mass is 32.1. The van der Waals surface area contributed by atoms with E-state index in [4.69, 9.17) is 5.73 Å². The molecular formula is C14H15N3O3S. The molecule has 110 valence electrons. The summed E-state index contributed by atoms with van der Waals surface area (Å²) in [6.45, 7) is 2.33. The van der Waals surface area contributed by atoms with Crippen molar-refractivity contribution in [2.24, 2.45) is 0 Å². The van der Waals surface area contributed by atoms with E-state index in [1.54, 1.807) is 0 Å². The Morgan fingerprint density at radius 3 is 2.95 bits per heavy atom. The zero-order chi connectivity index (χ0) is 15.1. The minimum absolute atomic E-state index is 0.307. The third-order valence-corrected chi connectivity index (χ3v) is 4.83. The number of aromatic nitrogens is 1. The molecule has 0 aliphatic carbocycles. The third kappa shape index (κ3) is 2.23. The predicted molar refractivity (Wildman–Crippen MR) is 80.5 cm³/mol. The smallest absolute Gasteiger partial charge is 0.326 e. The van der Waals surface area contributed by atoms with Gasteiger partial charge in [-0.25, -0.2) is 9.78 Å². The number of likely N-dealkylation sites (tertiary alicyclic amines) is 1. The van der Waals surface area contributed by atoms with E-state index >= 15 is 0 Å². The highest BCUT2D eigenvalue weighted by Crippen LogP contribution is 2.34. The Balaban J connectivity index is 2.02. The first kappa shape index (κ1) is 13.8. The summed E-state index contributed by atoms with van der Waals surface area (Å²) in [7, 11) is 0. The van der Waals surface area contributed by atoms with Crippen LogP contribution in [0.2, 0.25) is 0 Å². The van der Waals surface area contributed by atoms with Gasteiger partial charge < -0.3 is 15.7 Å². The van der Waals surface area contributed by atoms with Crippen molar-refractivity contribution in [3.8, 4) is 0 Å². The number of fused-ring (bicyclic) bond motifs is 1. The second-order valence-electron chi connectivity index (χ2n) is 5.15. The number of hydrogen-bond donors (Lipinski definition) is 2. The molecule has 3 N–H and O–H groups in total. The van der Waals surface area contributed by atoms with Crippen molar-refractivity contribution in [3.05, 3.63) is 22.7 Å². The normalized spacial score (nSPS) is 18.3. The first-order valence-corrected chi connectivity index (χ1v) is 7.50.